The maximum atomic E-state index is 13.5. The summed E-state index contributed by atoms with van der Waals surface area (Å²) in [5, 5.41) is 0.244. The Balaban J connectivity index is 2.34. The summed E-state index contributed by atoms with van der Waals surface area (Å²) < 4.78 is 19.0. The molecule has 0 bridgehead atoms. The number of unbranched alkanes of at least 4 members (excludes halogenated alkanes) is 1. The van der Waals surface area contributed by atoms with E-state index in [0.717, 1.165) is 19.3 Å². The Kier molecular flexibility index (Phi) is 14.4. The summed E-state index contributed by atoms with van der Waals surface area (Å²) in [5.41, 5.74) is 0.253. The standard InChI is InChI=1S/C37H68O5Si2/c1-13-25-37(26-18-19-27-37)33(42-44(11,12)36(5,6)7)23-20-22-30-29(21-16-14-15-17-24-34(39)40-8)31(38)28-32(30)41-43(9,10)35(2,3)4/h14,16,20,22,29-30,32-33H,13,15,17-19,21,23-28H2,1-12H3/b16-14-,22-20+/t29-,30-,32-,33?/m1/s1. The van der Waals surface area contributed by atoms with E-state index in [-0.39, 0.29) is 45.5 Å². The highest BCUT2D eigenvalue weighted by atomic mass is 28.4. The third kappa shape index (κ3) is 10.5. The number of hydrogen-bond donors (Lipinski definition) is 0. The first-order valence-electron chi connectivity index (χ1n) is 17.6. The minimum atomic E-state index is -2.06. The molecule has 44 heavy (non-hydrogen) atoms. The Bertz CT molecular complexity index is 979. The molecule has 2 saturated carbocycles. The number of esters is 1. The smallest absolute Gasteiger partial charge is 0.305 e. The highest BCUT2D eigenvalue weighted by molar-refractivity contribution is 6.74. The van der Waals surface area contributed by atoms with Crippen molar-refractivity contribution in [2.45, 2.75) is 174 Å². The Labute approximate surface area is 273 Å². The van der Waals surface area contributed by atoms with Gasteiger partial charge in [-0.05, 0) is 86.6 Å². The van der Waals surface area contributed by atoms with Crippen LogP contribution in [0.15, 0.2) is 24.3 Å². The van der Waals surface area contributed by atoms with Crippen molar-refractivity contribution in [3.05, 3.63) is 24.3 Å². The zero-order valence-electron chi connectivity index (χ0n) is 30.6. The van der Waals surface area contributed by atoms with E-state index in [0.29, 0.717) is 25.0 Å². The van der Waals surface area contributed by atoms with E-state index in [9.17, 15) is 9.59 Å². The van der Waals surface area contributed by atoms with Crippen molar-refractivity contribution in [3.63, 3.8) is 0 Å². The molecule has 254 valence electrons. The SMILES string of the molecule is CCCC1(C(C/C=C/[C@H]2[C@H](O[Si](C)(C)C(C)(C)C)CC(=O)[C@@H]2C/C=C\CCCC(=O)OC)O[Si](C)(C)C(C)(C)C)CCCC1. The second-order valence-electron chi connectivity index (χ2n) is 16.8. The average molecular weight is 649 g/mol. The molecule has 0 aromatic heterocycles. The van der Waals surface area contributed by atoms with Crippen LogP contribution in [0.1, 0.15) is 126 Å². The molecule has 0 aliphatic heterocycles. The van der Waals surface area contributed by atoms with Crippen LogP contribution in [-0.2, 0) is 23.2 Å². The molecule has 0 saturated heterocycles. The number of rotatable bonds is 16. The van der Waals surface area contributed by atoms with Crippen LogP contribution in [0, 0.1) is 17.3 Å². The van der Waals surface area contributed by atoms with Crippen LogP contribution in [0.5, 0.6) is 0 Å². The highest BCUT2D eigenvalue weighted by Gasteiger charge is 2.48. The lowest BCUT2D eigenvalue weighted by Gasteiger charge is -2.46. The average Bonchev–Trinajstić information content (AvgIpc) is 3.49. The molecular weight excluding hydrogens is 581 g/mol. The number of allylic oxidation sites excluding steroid dienone is 2. The van der Waals surface area contributed by atoms with Gasteiger partial charge in [0.05, 0.1) is 19.3 Å². The van der Waals surface area contributed by atoms with Crippen molar-refractivity contribution < 1.29 is 23.2 Å². The van der Waals surface area contributed by atoms with Gasteiger partial charge in [0, 0.05) is 24.7 Å². The monoisotopic (exact) mass is 648 g/mol. The molecule has 2 aliphatic rings. The van der Waals surface area contributed by atoms with E-state index in [1.54, 1.807) is 0 Å². The van der Waals surface area contributed by atoms with Crippen LogP contribution < -0.4 is 0 Å². The molecule has 2 fully saturated rings. The highest BCUT2D eigenvalue weighted by Crippen LogP contribution is 2.50. The molecule has 0 aromatic rings. The van der Waals surface area contributed by atoms with E-state index >= 15 is 0 Å². The molecule has 0 N–H and O–H groups in total. The van der Waals surface area contributed by atoms with Gasteiger partial charge in [0.25, 0.3) is 0 Å². The number of ketones is 1. The number of hydrogen-bond acceptors (Lipinski definition) is 5. The number of methoxy groups -OCH3 is 1. The van der Waals surface area contributed by atoms with Crippen LogP contribution in [0.25, 0.3) is 0 Å². The van der Waals surface area contributed by atoms with Gasteiger partial charge in [0.15, 0.2) is 16.6 Å². The molecule has 0 spiro atoms. The van der Waals surface area contributed by atoms with Crippen molar-refractivity contribution >= 4 is 28.4 Å². The van der Waals surface area contributed by atoms with Gasteiger partial charge in [-0.1, -0.05) is 92.0 Å². The van der Waals surface area contributed by atoms with Crippen molar-refractivity contribution in [1.82, 2.24) is 0 Å². The van der Waals surface area contributed by atoms with Crippen molar-refractivity contribution in [3.8, 4) is 0 Å². The number of carbonyl (C=O) groups excluding carboxylic acids is 2. The zero-order valence-corrected chi connectivity index (χ0v) is 32.6. The lowest BCUT2D eigenvalue weighted by atomic mass is 9.75. The van der Waals surface area contributed by atoms with Gasteiger partial charge in [0.1, 0.15) is 5.78 Å². The van der Waals surface area contributed by atoms with Crippen molar-refractivity contribution in [2.75, 3.05) is 7.11 Å². The third-order valence-corrected chi connectivity index (χ3v) is 20.5. The van der Waals surface area contributed by atoms with Crippen LogP contribution in [0.3, 0.4) is 0 Å². The normalized spacial score (nSPS) is 24.1. The summed E-state index contributed by atoms with van der Waals surface area (Å²) >= 11 is 0. The van der Waals surface area contributed by atoms with E-state index in [4.69, 9.17) is 13.6 Å². The maximum Gasteiger partial charge on any atom is 0.305 e. The first-order valence-corrected chi connectivity index (χ1v) is 23.4. The summed E-state index contributed by atoms with van der Waals surface area (Å²) in [6, 6.07) is 0. The molecule has 2 rings (SSSR count). The fraction of sp³-hybridized carbons (Fsp3) is 0.838. The van der Waals surface area contributed by atoms with Gasteiger partial charge in [-0.2, -0.15) is 0 Å². The van der Waals surface area contributed by atoms with E-state index in [1.165, 1.54) is 45.6 Å². The molecule has 0 amide bonds. The lowest BCUT2D eigenvalue weighted by Crippen LogP contribution is -2.48. The molecule has 7 heteroatoms. The van der Waals surface area contributed by atoms with Gasteiger partial charge >= 0.3 is 5.97 Å². The topological polar surface area (TPSA) is 61.8 Å². The van der Waals surface area contributed by atoms with Crippen molar-refractivity contribution in [2.24, 2.45) is 17.3 Å². The molecule has 0 heterocycles. The van der Waals surface area contributed by atoms with Crippen LogP contribution >= 0.6 is 0 Å². The Morgan fingerprint density at radius 3 is 2.14 bits per heavy atom. The van der Waals surface area contributed by atoms with Crippen LogP contribution in [-0.4, -0.2) is 47.7 Å². The van der Waals surface area contributed by atoms with Crippen LogP contribution in [0.4, 0.5) is 0 Å². The van der Waals surface area contributed by atoms with E-state index in [2.05, 4.69) is 99.0 Å². The fourth-order valence-corrected chi connectivity index (χ4v) is 9.40. The molecular formula is C37H68O5Si2. The van der Waals surface area contributed by atoms with Gasteiger partial charge in [-0.25, -0.2) is 0 Å². The summed E-state index contributed by atoms with van der Waals surface area (Å²) in [7, 11) is -2.60. The lowest BCUT2D eigenvalue weighted by molar-refractivity contribution is -0.140. The maximum absolute atomic E-state index is 13.5. The second-order valence-corrected chi connectivity index (χ2v) is 26.3. The third-order valence-electron chi connectivity index (χ3n) is 11.5. The van der Waals surface area contributed by atoms with Gasteiger partial charge in [-0.15, -0.1) is 0 Å². The van der Waals surface area contributed by atoms with E-state index < -0.39 is 16.6 Å². The predicted octanol–water partition coefficient (Wildman–Crippen LogP) is 10.6. The Hall–Kier alpha value is -1.03. The Morgan fingerprint density at radius 2 is 1.59 bits per heavy atom. The summed E-state index contributed by atoms with van der Waals surface area (Å²) in [6.45, 7) is 25.5. The summed E-state index contributed by atoms with van der Waals surface area (Å²) in [6.07, 6.45) is 20.8. The first kappa shape index (κ1) is 39.2. The van der Waals surface area contributed by atoms with Crippen LogP contribution in [0.2, 0.25) is 36.3 Å². The summed E-state index contributed by atoms with van der Waals surface area (Å²) in [4.78, 5) is 25.0. The second kappa shape index (κ2) is 16.2. The number of ether oxygens (including phenoxy) is 1. The summed E-state index contributed by atoms with van der Waals surface area (Å²) in [5.74, 6) is 0.133. The quantitative estimate of drug-likeness (QED) is 0.0721. The molecule has 1 unspecified atom stereocenters. The predicted molar refractivity (Wildman–Crippen MR) is 190 cm³/mol. The molecule has 0 aromatic carbocycles. The minimum absolute atomic E-state index is 0.0653. The number of Topliss-reactive ketones (excluding diaryl/α,β-unsaturated/α-hetero) is 1. The minimum Gasteiger partial charge on any atom is -0.469 e. The molecule has 2 aliphatic carbocycles. The van der Waals surface area contributed by atoms with Gasteiger partial charge < -0.3 is 13.6 Å². The Morgan fingerprint density at radius 1 is 0.977 bits per heavy atom. The van der Waals surface area contributed by atoms with E-state index in [1.807, 2.05) is 0 Å². The molecule has 5 nitrogen and oxygen atoms in total. The van der Waals surface area contributed by atoms with Gasteiger partial charge in [0.2, 0.25) is 0 Å². The number of carbonyl (C=O) groups is 2. The van der Waals surface area contributed by atoms with Crippen molar-refractivity contribution in [1.29, 1.82) is 0 Å². The first-order chi connectivity index (χ1) is 20.3. The molecule has 0 radical (unpaired) electrons. The molecule has 4 atom stereocenters. The fourth-order valence-electron chi connectivity index (χ4n) is 6.63. The zero-order chi connectivity index (χ0) is 33.4. The van der Waals surface area contributed by atoms with Gasteiger partial charge in [-0.3, -0.25) is 9.59 Å². The largest absolute Gasteiger partial charge is 0.469 e.